The minimum absolute atomic E-state index is 0.167. The van der Waals surface area contributed by atoms with Gasteiger partial charge in [0.15, 0.2) is 0 Å². The molecule has 3 rings (SSSR count). The van der Waals surface area contributed by atoms with Gasteiger partial charge in [0.05, 0.1) is 13.2 Å². The Morgan fingerprint density at radius 2 is 2.20 bits per heavy atom. The zero-order valence-electron chi connectivity index (χ0n) is 12.0. The second-order valence-corrected chi connectivity index (χ2v) is 5.77. The average molecular weight is 274 g/mol. The molecular formula is C16H22N2O2. The van der Waals surface area contributed by atoms with Crippen LogP contribution >= 0.6 is 0 Å². The fourth-order valence-electron chi connectivity index (χ4n) is 3.09. The molecule has 20 heavy (non-hydrogen) atoms. The largest absolute Gasteiger partial charge is 0.378 e. The van der Waals surface area contributed by atoms with Gasteiger partial charge in [-0.05, 0) is 24.5 Å². The number of carbonyl (C=O) groups excluding carboxylic acids is 1. The number of amides is 1. The predicted octanol–water partition coefficient (Wildman–Crippen LogP) is 1.34. The first-order chi connectivity index (χ1) is 9.74. The lowest BCUT2D eigenvalue weighted by Gasteiger charge is -2.36. The van der Waals surface area contributed by atoms with E-state index in [1.54, 1.807) is 0 Å². The highest BCUT2D eigenvalue weighted by Gasteiger charge is 2.28. The van der Waals surface area contributed by atoms with E-state index in [4.69, 9.17) is 4.74 Å². The van der Waals surface area contributed by atoms with Gasteiger partial charge in [-0.2, -0.15) is 0 Å². The molecule has 0 spiro atoms. The van der Waals surface area contributed by atoms with Crippen LogP contribution in [0.15, 0.2) is 24.3 Å². The first kappa shape index (κ1) is 13.6. The Kier molecular flexibility index (Phi) is 4.03. The Hall–Kier alpha value is -1.39. The summed E-state index contributed by atoms with van der Waals surface area (Å²) in [5, 5.41) is 3.35. The molecule has 2 heterocycles. The molecule has 0 bridgehead atoms. The molecule has 4 heteroatoms. The van der Waals surface area contributed by atoms with Crippen LogP contribution in [0, 0.1) is 0 Å². The topological polar surface area (TPSA) is 41.6 Å². The minimum Gasteiger partial charge on any atom is -0.378 e. The highest BCUT2D eigenvalue weighted by molar-refractivity contribution is 5.77. The summed E-state index contributed by atoms with van der Waals surface area (Å²) in [6.07, 6.45) is 1.49. The molecule has 0 aromatic heterocycles. The fourth-order valence-corrected chi connectivity index (χ4v) is 3.09. The number of morpholine rings is 1. The number of hydrogen-bond donors (Lipinski definition) is 1. The molecular weight excluding hydrogens is 252 g/mol. The van der Waals surface area contributed by atoms with Crippen LogP contribution in [0.3, 0.4) is 0 Å². The molecule has 0 radical (unpaired) electrons. The van der Waals surface area contributed by atoms with Crippen molar-refractivity contribution in [2.24, 2.45) is 0 Å². The molecule has 1 N–H and O–H groups in total. The summed E-state index contributed by atoms with van der Waals surface area (Å²) in [7, 11) is 0. The monoisotopic (exact) mass is 274 g/mol. The van der Waals surface area contributed by atoms with Crippen molar-refractivity contribution >= 4 is 5.91 Å². The van der Waals surface area contributed by atoms with Crippen molar-refractivity contribution in [3.63, 3.8) is 0 Å². The van der Waals surface area contributed by atoms with Crippen LogP contribution in [0.5, 0.6) is 0 Å². The summed E-state index contributed by atoms with van der Waals surface area (Å²) in [4.78, 5) is 14.5. The number of hydrogen-bond acceptors (Lipinski definition) is 3. The summed E-state index contributed by atoms with van der Waals surface area (Å²) >= 11 is 0. The van der Waals surface area contributed by atoms with Gasteiger partial charge in [-0.3, -0.25) is 4.79 Å². The Morgan fingerprint density at radius 3 is 2.95 bits per heavy atom. The molecule has 1 fully saturated rings. The van der Waals surface area contributed by atoms with Gasteiger partial charge in [-0.25, -0.2) is 0 Å². The zero-order chi connectivity index (χ0) is 13.9. The fraction of sp³-hybridized carbons (Fsp3) is 0.562. The van der Waals surface area contributed by atoms with Gasteiger partial charge in [0, 0.05) is 31.6 Å². The highest BCUT2D eigenvalue weighted by atomic mass is 16.5. The van der Waals surface area contributed by atoms with Gasteiger partial charge in [0.2, 0.25) is 5.91 Å². The quantitative estimate of drug-likeness (QED) is 0.885. The van der Waals surface area contributed by atoms with Crippen LogP contribution in [0.1, 0.15) is 24.5 Å². The smallest absolute Gasteiger partial charge is 0.224 e. The van der Waals surface area contributed by atoms with Gasteiger partial charge >= 0.3 is 0 Å². The van der Waals surface area contributed by atoms with Gasteiger partial charge in [0.25, 0.3) is 0 Å². The summed E-state index contributed by atoms with van der Waals surface area (Å²) in [5.41, 5.74) is 2.66. The Balaban J connectivity index is 1.66. The summed E-state index contributed by atoms with van der Waals surface area (Å²) in [6, 6.07) is 8.87. The third-order valence-electron chi connectivity index (χ3n) is 4.25. The summed E-state index contributed by atoms with van der Waals surface area (Å²) < 4.78 is 5.42. The third-order valence-corrected chi connectivity index (χ3v) is 4.25. The van der Waals surface area contributed by atoms with Gasteiger partial charge in [-0.1, -0.05) is 24.3 Å². The second kappa shape index (κ2) is 5.94. The van der Waals surface area contributed by atoms with Crippen LogP contribution < -0.4 is 5.32 Å². The van der Waals surface area contributed by atoms with Crippen LogP contribution in [-0.4, -0.2) is 42.6 Å². The lowest BCUT2D eigenvalue weighted by molar-refractivity contribution is -0.135. The van der Waals surface area contributed by atoms with Crippen molar-refractivity contribution in [3.8, 4) is 0 Å². The number of carbonyl (C=O) groups is 1. The second-order valence-electron chi connectivity index (χ2n) is 5.77. The van der Waals surface area contributed by atoms with Crippen molar-refractivity contribution in [1.82, 2.24) is 10.2 Å². The number of ether oxygens (including phenoxy) is 1. The SMILES string of the molecule is CC1Cc2ccccc2CN1C(=O)CC1COCCN1. The molecule has 4 nitrogen and oxygen atoms in total. The van der Waals surface area contributed by atoms with Crippen molar-refractivity contribution in [2.45, 2.75) is 38.4 Å². The maximum atomic E-state index is 12.5. The van der Waals surface area contributed by atoms with E-state index in [2.05, 4.69) is 30.4 Å². The molecule has 2 aliphatic heterocycles. The molecule has 1 aromatic rings. The zero-order valence-corrected chi connectivity index (χ0v) is 12.0. The predicted molar refractivity (Wildman–Crippen MR) is 77.4 cm³/mol. The molecule has 108 valence electrons. The maximum Gasteiger partial charge on any atom is 0.224 e. The van der Waals surface area contributed by atoms with E-state index in [9.17, 15) is 4.79 Å². The normalized spacial score (nSPS) is 26.1. The number of nitrogens with one attached hydrogen (secondary N) is 1. The molecule has 0 saturated carbocycles. The number of benzene rings is 1. The maximum absolute atomic E-state index is 12.5. The summed E-state index contributed by atoms with van der Waals surface area (Å²) in [6.45, 7) is 5.11. The Morgan fingerprint density at radius 1 is 1.40 bits per heavy atom. The summed E-state index contributed by atoms with van der Waals surface area (Å²) in [5.74, 6) is 0.231. The molecule has 1 aromatic carbocycles. The van der Waals surface area contributed by atoms with Crippen LogP contribution in [0.2, 0.25) is 0 Å². The van der Waals surface area contributed by atoms with Crippen molar-refractivity contribution in [2.75, 3.05) is 19.8 Å². The molecule has 2 atom stereocenters. The lowest BCUT2D eigenvalue weighted by atomic mass is 9.94. The molecule has 0 aliphatic carbocycles. The van der Waals surface area contributed by atoms with Crippen LogP contribution in [0.25, 0.3) is 0 Å². The highest BCUT2D eigenvalue weighted by Crippen LogP contribution is 2.23. The van der Waals surface area contributed by atoms with Gasteiger partial charge in [0.1, 0.15) is 0 Å². The number of rotatable bonds is 2. The Labute approximate surface area is 120 Å². The van der Waals surface area contributed by atoms with Gasteiger partial charge < -0.3 is 15.0 Å². The van der Waals surface area contributed by atoms with Gasteiger partial charge in [-0.15, -0.1) is 0 Å². The first-order valence-electron chi connectivity index (χ1n) is 7.41. The average Bonchev–Trinajstić information content (AvgIpc) is 2.47. The van der Waals surface area contributed by atoms with E-state index < -0.39 is 0 Å². The van der Waals surface area contributed by atoms with E-state index >= 15 is 0 Å². The molecule has 2 aliphatic rings. The Bertz CT molecular complexity index is 483. The van der Waals surface area contributed by atoms with Crippen LogP contribution in [0.4, 0.5) is 0 Å². The van der Waals surface area contributed by atoms with E-state index in [1.807, 2.05) is 11.0 Å². The third kappa shape index (κ3) is 2.86. The number of fused-ring (bicyclic) bond motifs is 1. The molecule has 1 saturated heterocycles. The molecule has 1 amide bonds. The van der Waals surface area contributed by atoms with E-state index in [-0.39, 0.29) is 18.0 Å². The lowest BCUT2D eigenvalue weighted by Crippen LogP contribution is -2.48. The van der Waals surface area contributed by atoms with Crippen molar-refractivity contribution in [1.29, 1.82) is 0 Å². The number of nitrogens with zero attached hydrogens (tertiary/aromatic N) is 1. The van der Waals surface area contributed by atoms with Crippen molar-refractivity contribution in [3.05, 3.63) is 35.4 Å². The van der Waals surface area contributed by atoms with E-state index in [0.717, 1.165) is 26.1 Å². The first-order valence-corrected chi connectivity index (χ1v) is 7.41. The standard InChI is InChI=1S/C16H22N2O2/c1-12-8-13-4-2-3-5-14(13)10-18(12)16(19)9-15-11-20-7-6-17-15/h2-5,12,15,17H,6-11H2,1H3. The van der Waals surface area contributed by atoms with Crippen LogP contribution in [-0.2, 0) is 22.5 Å². The van der Waals surface area contributed by atoms with E-state index in [0.29, 0.717) is 13.0 Å². The molecule has 2 unspecified atom stereocenters. The van der Waals surface area contributed by atoms with E-state index in [1.165, 1.54) is 11.1 Å². The van der Waals surface area contributed by atoms with Crippen molar-refractivity contribution < 1.29 is 9.53 Å². The minimum atomic E-state index is 0.167.